The zero-order valence-electron chi connectivity index (χ0n) is 11.4. The van der Waals surface area contributed by atoms with Crippen molar-refractivity contribution in [3.8, 4) is 0 Å². The van der Waals surface area contributed by atoms with Crippen molar-refractivity contribution in [2.45, 2.75) is 44.6 Å². The van der Waals surface area contributed by atoms with Gasteiger partial charge < -0.3 is 5.32 Å². The third-order valence-corrected chi connectivity index (χ3v) is 4.59. The third kappa shape index (κ3) is 3.71. The van der Waals surface area contributed by atoms with Gasteiger partial charge in [0.1, 0.15) is 4.90 Å². The van der Waals surface area contributed by atoms with Crippen molar-refractivity contribution in [2.75, 3.05) is 11.9 Å². The minimum Gasteiger partial charge on any atom is -0.384 e. The molecule has 1 rings (SSSR count). The molecule has 2 N–H and O–H groups in total. The zero-order valence-corrected chi connectivity index (χ0v) is 12.3. The highest BCUT2D eigenvalue weighted by Gasteiger charge is 2.26. The van der Waals surface area contributed by atoms with Gasteiger partial charge in [-0.1, -0.05) is 19.1 Å². The minimum absolute atomic E-state index is 0.299. The van der Waals surface area contributed by atoms with Crippen molar-refractivity contribution >= 4 is 15.7 Å². The molecule has 102 valence electrons. The summed E-state index contributed by atoms with van der Waals surface area (Å²) in [4.78, 5) is 0.299. The van der Waals surface area contributed by atoms with Gasteiger partial charge in [0, 0.05) is 12.1 Å². The van der Waals surface area contributed by atoms with Crippen LogP contribution in [0.5, 0.6) is 0 Å². The molecular weight excluding hydrogens is 248 g/mol. The van der Waals surface area contributed by atoms with Crippen LogP contribution in [0.4, 0.5) is 5.69 Å². The molecule has 1 aromatic carbocycles. The molecule has 0 heterocycles. The summed E-state index contributed by atoms with van der Waals surface area (Å²) >= 11 is 0. The highest BCUT2D eigenvalue weighted by atomic mass is 32.2. The van der Waals surface area contributed by atoms with Gasteiger partial charge in [0.25, 0.3) is 0 Å². The second kappa shape index (κ2) is 5.71. The fraction of sp³-hybridized carbons (Fsp3) is 0.538. The van der Waals surface area contributed by atoms with E-state index in [1.165, 1.54) is 0 Å². The molecule has 0 spiro atoms. The smallest absolute Gasteiger partial charge is 0.243 e. The molecule has 0 aliphatic rings. The Morgan fingerprint density at radius 1 is 1.17 bits per heavy atom. The van der Waals surface area contributed by atoms with Crippen LogP contribution in [-0.2, 0) is 10.0 Å². The average Bonchev–Trinajstić information content (AvgIpc) is 2.29. The Bertz CT molecular complexity index is 495. The first-order chi connectivity index (χ1) is 8.32. The van der Waals surface area contributed by atoms with Crippen LogP contribution in [0.2, 0.25) is 0 Å². The molecule has 1 aromatic rings. The summed E-state index contributed by atoms with van der Waals surface area (Å²) in [6, 6.07) is 6.94. The van der Waals surface area contributed by atoms with E-state index in [1.807, 2.05) is 33.8 Å². The Labute approximate surface area is 110 Å². The van der Waals surface area contributed by atoms with E-state index in [0.717, 1.165) is 6.42 Å². The summed E-state index contributed by atoms with van der Waals surface area (Å²) in [6.45, 7) is 8.33. The number of para-hydroxylation sites is 1. The Hall–Kier alpha value is -1.07. The molecule has 0 radical (unpaired) electrons. The molecule has 5 heteroatoms. The van der Waals surface area contributed by atoms with E-state index >= 15 is 0 Å². The monoisotopic (exact) mass is 270 g/mol. The highest BCUT2D eigenvalue weighted by Crippen LogP contribution is 2.22. The maximum Gasteiger partial charge on any atom is 0.243 e. The molecule has 0 aliphatic carbocycles. The first kappa shape index (κ1) is 15.0. The van der Waals surface area contributed by atoms with Gasteiger partial charge in [-0.15, -0.1) is 0 Å². The normalized spacial score (nSPS) is 12.4. The van der Waals surface area contributed by atoms with Crippen LogP contribution < -0.4 is 10.0 Å². The van der Waals surface area contributed by atoms with Crippen molar-refractivity contribution in [1.29, 1.82) is 0 Å². The first-order valence-electron chi connectivity index (χ1n) is 6.19. The maximum atomic E-state index is 12.4. The number of hydrogen-bond acceptors (Lipinski definition) is 3. The Morgan fingerprint density at radius 3 is 2.33 bits per heavy atom. The SMILES string of the molecule is CCNc1ccccc1S(=O)(=O)NC(C)(C)CC. The van der Waals surface area contributed by atoms with Gasteiger partial charge in [-0.2, -0.15) is 0 Å². The maximum absolute atomic E-state index is 12.4. The van der Waals surface area contributed by atoms with Crippen molar-refractivity contribution in [2.24, 2.45) is 0 Å². The standard InChI is InChI=1S/C13H22N2O2S/c1-5-13(3,4)15-18(16,17)12-10-8-7-9-11(12)14-6-2/h7-10,14-15H,5-6H2,1-4H3. The van der Waals surface area contributed by atoms with E-state index in [-0.39, 0.29) is 0 Å². The second-order valence-corrected chi connectivity index (χ2v) is 6.52. The lowest BCUT2D eigenvalue weighted by Gasteiger charge is -2.25. The van der Waals surface area contributed by atoms with Crippen LogP contribution >= 0.6 is 0 Å². The Kier molecular flexibility index (Phi) is 4.76. The topological polar surface area (TPSA) is 58.2 Å². The van der Waals surface area contributed by atoms with Gasteiger partial charge in [-0.3, -0.25) is 0 Å². The average molecular weight is 270 g/mol. The van der Waals surface area contributed by atoms with E-state index < -0.39 is 15.6 Å². The highest BCUT2D eigenvalue weighted by molar-refractivity contribution is 7.89. The molecule has 4 nitrogen and oxygen atoms in total. The van der Waals surface area contributed by atoms with Gasteiger partial charge in [-0.25, -0.2) is 13.1 Å². The summed E-state index contributed by atoms with van der Waals surface area (Å²) in [5.41, 5.74) is 0.192. The van der Waals surface area contributed by atoms with Crippen molar-refractivity contribution in [3.05, 3.63) is 24.3 Å². The summed E-state index contributed by atoms with van der Waals surface area (Å²) < 4.78 is 27.4. The Morgan fingerprint density at radius 2 is 1.78 bits per heavy atom. The van der Waals surface area contributed by atoms with Crippen LogP contribution in [0.1, 0.15) is 34.1 Å². The van der Waals surface area contributed by atoms with E-state index in [1.54, 1.807) is 18.2 Å². The van der Waals surface area contributed by atoms with Crippen LogP contribution in [0.25, 0.3) is 0 Å². The van der Waals surface area contributed by atoms with E-state index in [4.69, 9.17) is 0 Å². The first-order valence-corrected chi connectivity index (χ1v) is 7.67. The molecule has 0 saturated heterocycles. The van der Waals surface area contributed by atoms with Crippen LogP contribution in [0, 0.1) is 0 Å². The van der Waals surface area contributed by atoms with Crippen molar-refractivity contribution in [3.63, 3.8) is 0 Å². The molecule has 0 aliphatic heterocycles. The number of anilines is 1. The van der Waals surface area contributed by atoms with E-state index in [2.05, 4.69) is 10.0 Å². The van der Waals surface area contributed by atoms with Crippen LogP contribution in [-0.4, -0.2) is 20.5 Å². The lowest BCUT2D eigenvalue weighted by atomic mass is 10.0. The molecule has 0 aromatic heterocycles. The molecule has 0 bridgehead atoms. The van der Waals surface area contributed by atoms with Gasteiger partial charge in [0.2, 0.25) is 10.0 Å². The fourth-order valence-corrected chi connectivity index (χ4v) is 3.20. The lowest BCUT2D eigenvalue weighted by molar-refractivity contribution is 0.439. The predicted octanol–water partition coefficient (Wildman–Crippen LogP) is 2.59. The lowest BCUT2D eigenvalue weighted by Crippen LogP contribution is -2.42. The molecule has 0 amide bonds. The number of nitrogens with one attached hydrogen (secondary N) is 2. The van der Waals surface area contributed by atoms with Gasteiger partial charge >= 0.3 is 0 Å². The molecule has 0 saturated carbocycles. The minimum atomic E-state index is -3.50. The molecule has 0 atom stereocenters. The van der Waals surface area contributed by atoms with Gasteiger partial charge in [0.15, 0.2) is 0 Å². The quantitative estimate of drug-likeness (QED) is 0.835. The predicted molar refractivity (Wildman–Crippen MR) is 75.3 cm³/mol. The molecule has 0 unspecified atom stereocenters. The van der Waals surface area contributed by atoms with E-state index in [9.17, 15) is 8.42 Å². The number of hydrogen-bond donors (Lipinski definition) is 2. The summed E-state index contributed by atoms with van der Waals surface area (Å²) in [5.74, 6) is 0. The zero-order chi connectivity index (χ0) is 13.8. The summed E-state index contributed by atoms with van der Waals surface area (Å²) in [7, 11) is -3.50. The van der Waals surface area contributed by atoms with Crippen LogP contribution in [0.3, 0.4) is 0 Å². The third-order valence-electron chi connectivity index (χ3n) is 2.84. The van der Waals surface area contributed by atoms with Gasteiger partial charge in [0.05, 0.1) is 5.69 Å². The molecular formula is C13H22N2O2S. The number of benzene rings is 1. The number of rotatable bonds is 6. The molecule has 0 fully saturated rings. The largest absolute Gasteiger partial charge is 0.384 e. The number of sulfonamides is 1. The fourth-order valence-electron chi connectivity index (χ4n) is 1.53. The van der Waals surface area contributed by atoms with Crippen LogP contribution in [0.15, 0.2) is 29.2 Å². The summed E-state index contributed by atoms with van der Waals surface area (Å²) in [5, 5.41) is 3.07. The van der Waals surface area contributed by atoms with Crippen molar-refractivity contribution < 1.29 is 8.42 Å². The molecule has 18 heavy (non-hydrogen) atoms. The second-order valence-electron chi connectivity index (χ2n) is 4.87. The van der Waals surface area contributed by atoms with E-state index in [0.29, 0.717) is 17.1 Å². The van der Waals surface area contributed by atoms with Crippen molar-refractivity contribution in [1.82, 2.24) is 4.72 Å². The van der Waals surface area contributed by atoms with Gasteiger partial charge in [-0.05, 0) is 39.3 Å². The Balaban J connectivity index is 3.13. The summed E-state index contributed by atoms with van der Waals surface area (Å²) in [6.07, 6.45) is 0.732.